The molecule has 650 valence electrons. The van der Waals surface area contributed by atoms with Crippen LogP contribution in [0.1, 0.15) is 214 Å². The van der Waals surface area contributed by atoms with E-state index in [-0.39, 0.29) is 121 Å². The number of nitrogens with zero attached hydrogens (tertiary/aromatic N) is 3. The number of nitrogens with one attached hydrogen (secondary N) is 12. The van der Waals surface area contributed by atoms with E-state index in [4.69, 9.17) is 63.1 Å². The first-order chi connectivity index (χ1) is 54.6. The Morgan fingerprint density at radius 1 is 0.357 bits per heavy atom. The molecule has 0 unspecified atom stereocenters. The number of benzene rings is 1. The third kappa shape index (κ3) is 48.3. The first kappa shape index (κ1) is 102. The molecule has 0 saturated heterocycles. The second-order valence-electron chi connectivity index (χ2n) is 29.1. The summed E-state index contributed by atoms with van der Waals surface area (Å²) in [6.45, 7) is 8.48. The molecule has 0 heterocycles. The molecule has 34 N–H and O–H groups in total. The minimum absolute atomic E-state index is 0.00400. The van der Waals surface area contributed by atoms with Gasteiger partial charge in [-0.2, -0.15) is 0 Å². The molecule has 115 heavy (non-hydrogen) atoms. The highest BCUT2D eigenvalue weighted by molar-refractivity contribution is 5.99. The van der Waals surface area contributed by atoms with E-state index in [0.29, 0.717) is 44.1 Å². The molecule has 0 aliphatic rings. The Balaban J connectivity index is 3.41. The largest absolute Gasteiger partial charge is 0.370 e. The Morgan fingerprint density at radius 2 is 0.730 bits per heavy atom. The SMILES string of the molecule is CCCCCCCCCCCCCNC(=O)[C@H](CC(N)=O)NC(=O)[C@H](CCCCN)NC(=O)[C@H](CCC(N)=O)NC(=O)[C@H](CCCN=C(N)N)NC(=O)[C@H](CC(C)C)NC(=O)[C@H](C)NC(=O)CNC(=O)[C@H](CCCCN)NC(=O)[C@H](CCCN=C(N)N)NC(=O)[C@H](C)NC(=O)[C@H](Cc1ccccc1)NC(=O)[C@@H](N)CCCN=C(N)N. The smallest absolute Gasteiger partial charge is 0.243 e. The van der Waals surface area contributed by atoms with E-state index in [1.807, 2.05) is 0 Å². The summed E-state index contributed by atoms with van der Waals surface area (Å²) in [6.07, 6.45) is 12.4. The molecule has 40 nitrogen and oxygen atoms in total. The lowest BCUT2D eigenvalue weighted by Crippen LogP contribution is -2.60. The number of guanidine groups is 3. The Labute approximate surface area is 675 Å². The summed E-state index contributed by atoms with van der Waals surface area (Å²) in [7, 11) is 0. The van der Waals surface area contributed by atoms with Crippen molar-refractivity contribution in [3.8, 4) is 0 Å². The molecule has 1 aromatic rings. The monoisotopic (exact) mass is 1630 g/mol. The van der Waals surface area contributed by atoms with Crippen LogP contribution in [0, 0.1) is 5.92 Å². The summed E-state index contributed by atoms with van der Waals surface area (Å²) >= 11 is 0. The fourth-order valence-electron chi connectivity index (χ4n) is 11.8. The molecule has 11 atom stereocenters. The highest BCUT2D eigenvalue weighted by Crippen LogP contribution is 2.15. The minimum Gasteiger partial charge on any atom is -0.370 e. The number of carbonyl (C=O) groups is 14. The van der Waals surface area contributed by atoms with Gasteiger partial charge in [0.15, 0.2) is 17.9 Å². The van der Waals surface area contributed by atoms with Crippen molar-refractivity contribution in [2.24, 2.45) is 84.0 Å². The second kappa shape index (κ2) is 60.1. The topological polar surface area (TPSA) is 707 Å². The van der Waals surface area contributed by atoms with E-state index in [1.54, 1.807) is 44.2 Å². The summed E-state index contributed by atoms with van der Waals surface area (Å²) in [5, 5.41) is 31.2. The molecule has 0 fully saturated rings. The molecule has 0 aliphatic carbocycles. The van der Waals surface area contributed by atoms with E-state index >= 15 is 0 Å². The maximum atomic E-state index is 14.5. The van der Waals surface area contributed by atoms with Crippen LogP contribution < -0.4 is 127 Å². The lowest BCUT2D eigenvalue weighted by atomic mass is 10.0. The van der Waals surface area contributed by atoms with Crippen molar-refractivity contribution in [1.82, 2.24) is 63.8 Å². The molecule has 0 bridgehead atoms. The van der Waals surface area contributed by atoms with E-state index in [1.165, 1.54) is 52.4 Å². The first-order valence-electron chi connectivity index (χ1n) is 40.1. The molecule has 1 rings (SSSR count). The van der Waals surface area contributed by atoms with Crippen LogP contribution in [-0.2, 0) is 73.5 Å². The Bertz CT molecular complexity index is 3260. The van der Waals surface area contributed by atoms with Crippen molar-refractivity contribution in [3.05, 3.63) is 35.9 Å². The van der Waals surface area contributed by atoms with Crippen LogP contribution in [0.15, 0.2) is 45.3 Å². The van der Waals surface area contributed by atoms with Crippen molar-refractivity contribution >= 4 is 101 Å². The highest BCUT2D eigenvalue weighted by Gasteiger charge is 2.36. The second-order valence-corrected chi connectivity index (χ2v) is 29.1. The van der Waals surface area contributed by atoms with Crippen molar-refractivity contribution in [1.29, 1.82) is 0 Å². The maximum Gasteiger partial charge on any atom is 0.243 e. The molecule has 0 saturated carbocycles. The van der Waals surface area contributed by atoms with E-state index in [9.17, 15) is 67.1 Å². The normalized spacial score (nSPS) is 13.9. The zero-order valence-corrected chi connectivity index (χ0v) is 68.0. The van der Waals surface area contributed by atoms with Crippen molar-refractivity contribution in [3.63, 3.8) is 0 Å². The third-order valence-corrected chi connectivity index (χ3v) is 18.3. The number of carbonyl (C=O) groups excluding carboxylic acids is 14. The van der Waals surface area contributed by atoms with Gasteiger partial charge in [-0.3, -0.25) is 82.1 Å². The van der Waals surface area contributed by atoms with Crippen molar-refractivity contribution < 1.29 is 67.1 Å². The number of aliphatic imine (C=N–C) groups is 3. The Kier molecular flexibility index (Phi) is 53.6. The van der Waals surface area contributed by atoms with E-state index in [0.717, 1.165) is 25.7 Å². The first-order valence-corrected chi connectivity index (χ1v) is 40.1. The Hall–Kier alpha value is -10.5. The zero-order chi connectivity index (χ0) is 86.2. The lowest BCUT2D eigenvalue weighted by molar-refractivity contribution is -0.136. The van der Waals surface area contributed by atoms with Gasteiger partial charge in [-0.1, -0.05) is 115 Å². The average molecular weight is 1630 g/mol. The van der Waals surface area contributed by atoms with Gasteiger partial charge in [-0.15, -0.1) is 0 Å². The lowest BCUT2D eigenvalue weighted by Gasteiger charge is -2.28. The highest BCUT2D eigenvalue weighted by atomic mass is 16.2. The zero-order valence-electron chi connectivity index (χ0n) is 68.0. The van der Waals surface area contributed by atoms with Gasteiger partial charge in [0.25, 0.3) is 0 Å². The Morgan fingerprint density at radius 3 is 1.17 bits per heavy atom. The van der Waals surface area contributed by atoms with Gasteiger partial charge in [0.2, 0.25) is 82.7 Å². The van der Waals surface area contributed by atoms with Gasteiger partial charge in [0.1, 0.15) is 60.4 Å². The molecule has 0 spiro atoms. The number of primary amides is 2. The summed E-state index contributed by atoms with van der Waals surface area (Å²) in [5.74, 6) is -12.8. The standard InChI is InChI=1S/C75H136N26O14/c1-6-7-8-9-10-11-12-13-14-15-23-38-87-66(109)58(44-60(80)103)101-69(112)52(31-20-22-37-77)96-70(113)55(34-35-59(79)102)98-68(111)54(33-26-41-90-75(85)86)97-72(115)56(42-46(2)3)99-62(105)47(4)92-61(104)45-91-65(108)51(30-19-21-36-76)95-67(110)53(32-25-40-89-74(83)84)94-63(106)48(5)93-71(114)57(43-49-27-17-16-18-28-49)100-64(107)50(78)29-24-39-88-73(81)82/h16-18,27-28,46-48,50-58H,6-15,19-26,29-45,76-78H2,1-5H3,(H2,79,102)(H2,80,103)(H,87,109)(H,91,108)(H,92,104)(H,93,114)(H,94,106)(H,95,110)(H,96,113)(H,97,115)(H,98,111)(H,99,105)(H,100,107)(H,101,112)(H4,81,82,88)(H4,83,84,89)(H4,85,86,90)/t47-,48-,50-,51-,52-,53-,54-,55-,56-,57-,58-/m0/s1. The number of nitrogens with two attached hydrogens (primary N) is 11. The fraction of sp³-hybridized carbons (Fsp3) is 0.693. The molecule has 14 amide bonds. The van der Waals surface area contributed by atoms with Crippen LogP contribution in [0.2, 0.25) is 0 Å². The third-order valence-electron chi connectivity index (χ3n) is 18.3. The van der Waals surface area contributed by atoms with Crippen LogP contribution in [0.5, 0.6) is 0 Å². The van der Waals surface area contributed by atoms with Crippen LogP contribution >= 0.6 is 0 Å². The number of rotatable bonds is 64. The number of hydrogen-bond donors (Lipinski definition) is 23. The summed E-state index contributed by atoms with van der Waals surface area (Å²) in [6, 6.07) is -6.21. The number of unbranched alkanes of at least 4 members (excludes halogenated alkanes) is 12. The van der Waals surface area contributed by atoms with Crippen molar-refractivity contribution in [2.75, 3.05) is 45.8 Å². The summed E-state index contributed by atoms with van der Waals surface area (Å²) in [5.41, 5.74) is 62.5. The predicted molar refractivity (Wildman–Crippen MR) is 438 cm³/mol. The van der Waals surface area contributed by atoms with Gasteiger partial charge in [0.05, 0.1) is 19.0 Å². The maximum absolute atomic E-state index is 14.5. The van der Waals surface area contributed by atoms with Crippen LogP contribution in [0.25, 0.3) is 0 Å². The average Bonchev–Trinajstić information content (AvgIpc) is 0.864. The molecule has 0 aliphatic heterocycles. The molecular formula is C75H136N26O14. The van der Waals surface area contributed by atoms with Crippen LogP contribution in [0.3, 0.4) is 0 Å². The number of amides is 14. The summed E-state index contributed by atoms with van der Waals surface area (Å²) in [4.78, 5) is 204. The quantitative estimate of drug-likeness (QED) is 0.0166. The minimum atomic E-state index is -1.59. The fourth-order valence-corrected chi connectivity index (χ4v) is 11.8. The van der Waals surface area contributed by atoms with Crippen LogP contribution in [0.4, 0.5) is 0 Å². The van der Waals surface area contributed by atoms with Crippen LogP contribution in [-0.4, -0.2) is 213 Å². The van der Waals surface area contributed by atoms with Gasteiger partial charge < -0.3 is 127 Å². The van der Waals surface area contributed by atoms with Gasteiger partial charge >= 0.3 is 0 Å². The number of hydrogen-bond acceptors (Lipinski definition) is 20. The van der Waals surface area contributed by atoms with Gasteiger partial charge in [-0.05, 0) is 135 Å². The predicted octanol–water partition coefficient (Wildman–Crippen LogP) is -4.41. The molecule has 40 heteroatoms. The van der Waals surface area contributed by atoms with E-state index < -0.39 is 175 Å². The van der Waals surface area contributed by atoms with Gasteiger partial charge in [0, 0.05) is 39.0 Å². The molecule has 0 radical (unpaired) electrons. The van der Waals surface area contributed by atoms with Crippen molar-refractivity contribution in [2.45, 2.75) is 281 Å². The van der Waals surface area contributed by atoms with Gasteiger partial charge in [-0.25, -0.2) is 0 Å². The van der Waals surface area contributed by atoms with E-state index in [2.05, 4.69) is 85.7 Å². The molecule has 1 aromatic carbocycles. The summed E-state index contributed by atoms with van der Waals surface area (Å²) < 4.78 is 0. The molecular weight excluding hydrogens is 1490 g/mol. The molecule has 0 aromatic heterocycles.